The van der Waals surface area contributed by atoms with E-state index >= 15 is 0 Å². The standard InChI is InChI=1S/C16H24N2O/c17-14-5-3-4-13(10-14)11-18(15-7-8-15)12-16-6-1-2-9-19-16/h3-5,10,15-16H,1-2,6-9,11-12,17H2. The number of hydrogen-bond acceptors (Lipinski definition) is 3. The lowest BCUT2D eigenvalue weighted by molar-refractivity contribution is -0.00879. The maximum atomic E-state index is 5.88. The molecule has 1 saturated carbocycles. The third kappa shape index (κ3) is 3.71. The fourth-order valence-electron chi connectivity index (χ4n) is 2.92. The van der Waals surface area contributed by atoms with E-state index in [-0.39, 0.29) is 0 Å². The fourth-order valence-corrected chi connectivity index (χ4v) is 2.92. The van der Waals surface area contributed by atoms with Gasteiger partial charge in [-0.25, -0.2) is 0 Å². The summed E-state index contributed by atoms with van der Waals surface area (Å²) in [6.45, 7) is 3.04. The largest absolute Gasteiger partial charge is 0.399 e. The van der Waals surface area contributed by atoms with Crippen LogP contribution in [0.15, 0.2) is 24.3 Å². The van der Waals surface area contributed by atoms with Crippen LogP contribution in [-0.4, -0.2) is 30.2 Å². The molecule has 104 valence electrons. The topological polar surface area (TPSA) is 38.5 Å². The number of benzene rings is 1. The Bertz CT molecular complexity index is 411. The van der Waals surface area contributed by atoms with E-state index in [1.807, 2.05) is 12.1 Å². The Labute approximate surface area is 115 Å². The molecule has 1 aromatic carbocycles. The van der Waals surface area contributed by atoms with Gasteiger partial charge in [0.05, 0.1) is 6.10 Å². The van der Waals surface area contributed by atoms with Crippen LogP contribution in [0.25, 0.3) is 0 Å². The minimum absolute atomic E-state index is 0.440. The van der Waals surface area contributed by atoms with E-state index in [0.29, 0.717) is 6.10 Å². The van der Waals surface area contributed by atoms with Crippen molar-refractivity contribution in [2.24, 2.45) is 0 Å². The van der Waals surface area contributed by atoms with Crippen molar-refractivity contribution in [1.29, 1.82) is 0 Å². The average molecular weight is 260 g/mol. The molecule has 0 spiro atoms. The summed E-state index contributed by atoms with van der Waals surface area (Å²) in [4.78, 5) is 2.59. The molecule has 0 bridgehead atoms. The summed E-state index contributed by atoms with van der Waals surface area (Å²) >= 11 is 0. The summed E-state index contributed by atoms with van der Waals surface area (Å²) in [5.74, 6) is 0. The van der Waals surface area contributed by atoms with Crippen molar-refractivity contribution in [3.63, 3.8) is 0 Å². The number of hydrogen-bond donors (Lipinski definition) is 1. The van der Waals surface area contributed by atoms with Gasteiger partial charge in [0, 0.05) is 31.4 Å². The highest BCUT2D eigenvalue weighted by Crippen LogP contribution is 2.30. The molecule has 0 radical (unpaired) electrons. The average Bonchev–Trinajstić information content (AvgIpc) is 3.23. The van der Waals surface area contributed by atoms with Crippen molar-refractivity contribution in [2.45, 2.75) is 50.8 Å². The van der Waals surface area contributed by atoms with Crippen molar-refractivity contribution in [2.75, 3.05) is 18.9 Å². The molecule has 3 heteroatoms. The first-order chi connectivity index (χ1) is 9.31. The van der Waals surface area contributed by atoms with Crippen LogP contribution < -0.4 is 5.73 Å². The Hall–Kier alpha value is -1.06. The van der Waals surface area contributed by atoms with Crippen LogP contribution in [0.1, 0.15) is 37.7 Å². The second kappa shape index (κ2) is 5.93. The van der Waals surface area contributed by atoms with E-state index < -0.39 is 0 Å². The van der Waals surface area contributed by atoms with E-state index in [1.54, 1.807) is 0 Å². The third-order valence-electron chi connectivity index (χ3n) is 4.11. The second-order valence-corrected chi connectivity index (χ2v) is 5.89. The fraction of sp³-hybridized carbons (Fsp3) is 0.625. The Kier molecular flexibility index (Phi) is 4.04. The van der Waals surface area contributed by atoms with Gasteiger partial charge in [0.15, 0.2) is 0 Å². The van der Waals surface area contributed by atoms with E-state index in [2.05, 4.69) is 17.0 Å². The Morgan fingerprint density at radius 1 is 1.21 bits per heavy atom. The molecular formula is C16H24N2O. The van der Waals surface area contributed by atoms with Gasteiger partial charge in [0.25, 0.3) is 0 Å². The quantitative estimate of drug-likeness (QED) is 0.827. The van der Waals surface area contributed by atoms with Crippen molar-refractivity contribution >= 4 is 5.69 Å². The van der Waals surface area contributed by atoms with Gasteiger partial charge in [-0.15, -0.1) is 0 Å². The molecule has 3 nitrogen and oxygen atoms in total. The minimum Gasteiger partial charge on any atom is -0.399 e. The van der Waals surface area contributed by atoms with Crippen LogP contribution in [-0.2, 0) is 11.3 Å². The lowest BCUT2D eigenvalue weighted by Crippen LogP contribution is -2.36. The molecule has 19 heavy (non-hydrogen) atoms. The highest BCUT2D eigenvalue weighted by molar-refractivity contribution is 5.40. The molecule has 1 saturated heterocycles. The first-order valence-corrected chi connectivity index (χ1v) is 7.51. The summed E-state index contributed by atoms with van der Waals surface area (Å²) in [5, 5.41) is 0. The number of rotatable bonds is 5. The Morgan fingerprint density at radius 3 is 2.79 bits per heavy atom. The Balaban J connectivity index is 1.60. The summed E-state index contributed by atoms with van der Waals surface area (Å²) in [5.41, 5.74) is 8.05. The monoisotopic (exact) mass is 260 g/mol. The highest BCUT2D eigenvalue weighted by Gasteiger charge is 2.31. The zero-order chi connectivity index (χ0) is 13.1. The lowest BCUT2D eigenvalue weighted by Gasteiger charge is -2.30. The molecule has 1 aliphatic carbocycles. The van der Waals surface area contributed by atoms with Gasteiger partial charge in [0.1, 0.15) is 0 Å². The van der Waals surface area contributed by atoms with Gasteiger partial charge >= 0.3 is 0 Å². The molecule has 3 rings (SSSR count). The summed E-state index contributed by atoms with van der Waals surface area (Å²) in [6.07, 6.45) is 6.90. The molecular weight excluding hydrogens is 236 g/mol. The van der Waals surface area contributed by atoms with Crippen molar-refractivity contribution in [1.82, 2.24) is 4.90 Å². The zero-order valence-corrected chi connectivity index (χ0v) is 11.6. The lowest BCUT2D eigenvalue weighted by atomic mass is 10.1. The minimum atomic E-state index is 0.440. The smallest absolute Gasteiger partial charge is 0.0702 e. The van der Waals surface area contributed by atoms with Crippen LogP contribution in [0, 0.1) is 0 Å². The Morgan fingerprint density at radius 2 is 2.11 bits per heavy atom. The van der Waals surface area contributed by atoms with E-state index in [1.165, 1.54) is 37.7 Å². The molecule has 0 amide bonds. The van der Waals surface area contributed by atoms with E-state index in [0.717, 1.165) is 31.4 Å². The number of nitrogen functional groups attached to an aromatic ring is 1. The maximum absolute atomic E-state index is 5.88. The van der Waals surface area contributed by atoms with Gasteiger partial charge in [-0.1, -0.05) is 12.1 Å². The molecule has 1 aromatic rings. The molecule has 2 fully saturated rings. The van der Waals surface area contributed by atoms with Gasteiger partial charge < -0.3 is 10.5 Å². The van der Waals surface area contributed by atoms with Crippen LogP contribution in [0.4, 0.5) is 5.69 Å². The first kappa shape index (κ1) is 12.9. The summed E-state index contributed by atoms with van der Waals surface area (Å²) < 4.78 is 5.88. The number of ether oxygens (including phenoxy) is 1. The van der Waals surface area contributed by atoms with Gasteiger partial charge in [0.2, 0.25) is 0 Å². The molecule has 1 heterocycles. The predicted molar refractivity (Wildman–Crippen MR) is 77.9 cm³/mol. The molecule has 1 aliphatic heterocycles. The van der Waals surface area contributed by atoms with Crippen LogP contribution in [0.2, 0.25) is 0 Å². The molecule has 1 unspecified atom stereocenters. The van der Waals surface area contributed by atoms with Crippen molar-refractivity contribution < 1.29 is 4.74 Å². The van der Waals surface area contributed by atoms with Crippen molar-refractivity contribution in [3.05, 3.63) is 29.8 Å². The summed E-state index contributed by atoms with van der Waals surface area (Å²) in [7, 11) is 0. The van der Waals surface area contributed by atoms with Crippen LogP contribution in [0.3, 0.4) is 0 Å². The van der Waals surface area contributed by atoms with Gasteiger partial charge in [-0.2, -0.15) is 0 Å². The highest BCUT2D eigenvalue weighted by atomic mass is 16.5. The SMILES string of the molecule is Nc1cccc(CN(CC2CCCCO2)C2CC2)c1. The number of nitrogens with two attached hydrogens (primary N) is 1. The first-order valence-electron chi connectivity index (χ1n) is 7.51. The molecule has 2 aliphatic rings. The number of nitrogens with zero attached hydrogens (tertiary/aromatic N) is 1. The second-order valence-electron chi connectivity index (χ2n) is 5.89. The van der Waals surface area contributed by atoms with Gasteiger partial charge in [-0.05, 0) is 49.8 Å². The number of anilines is 1. The summed E-state index contributed by atoms with van der Waals surface area (Å²) in [6, 6.07) is 9.04. The predicted octanol–water partition coefficient (Wildman–Crippen LogP) is 2.80. The maximum Gasteiger partial charge on any atom is 0.0702 e. The molecule has 1 atom stereocenters. The van der Waals surface area contributed by atoms with E-state index in [9.17, 15) is 0 Å². The van der Waals surface area contributed by atoms with Crippen LogP contribution in [0.5, 0.6) is 0 Å². The molecule has 2 N–H and O–H groups in total. The molecule has 0 aromatic heterocycles. The van der Waals surface area contributed by atoms with E-state index in [4.69, 9.17) is 10.5 Å². The third-order valence-corrected chi connectivity index (χ3v) is 4.11. The van der Waals surface area contributed by atoms with Gasteiger partial charge in [-0.3, -0.25) is 4.90 Å². The normalized spacial score (nSPS) is 23.7. The van der Waals surface area contributed by atoms with Crippen LogP contribution >= 0.6 is 0 Å². The van der Waals surface area contributed by atoms with Crippen molar-refractivity contribution in [3.8, 4) is 0 Å². The zero-order valence-electron chi connectivity index (χ0n) is 11.6.